The smallest absolute Gasteiger partial charge is 0.250 e. The SMILES string of the molecule is COc1ccccc1-c1csc(C2CCN(c3nnnn3-c3ccccc3)CC2)n1. The van der Waals surface area contributed by atoms with E-state index in [0.29, 0.717) is 5.92 Å². The second kappa shape index (κ2) is 8.23. The van der Waals surface area contributed by atoms with Crippen LogP contribution in [0.25, 0.3) is 16.9 Å². The summed E-state index contributed by atoms with van der Waals surface area (Å²) in [5.74, 6) is 2.11. The number of tetrazole rings is 1. The van der Waals surface area contributed by atoms with Crippen LogP contribution in [0.4, 0.5) is 5.95 Å². The quantitative estimate of drug-likeness (QED) is 0.484. The van der Waals surface area contributed by atoms with E-state index in [2.05, 4.69) is 31.9 Å². The first-order valence-corrected chi connectivity index (χ1v) is 10.9. The molecule has 1 fully saturated rings. The van der Waals surface area contributed by atoms with E-state index in [9.17, 15) is 0 Å². The van der Waals surface area contributed by atoms with Crippen molar-refractivity contribution in [2.24, 2.45) is 0 Å². The van der Waals surface area contributed by atoms with Gasteiger partial charge in [-0.1, -0.05) is 35.4 Å². The molecule has 0 unspecified atom stereocenters. The van der Waals surface area contributed by atoms with Gasteiger partial charge in [0, 0.05) is 30.0 Å². The molecule has 0 saturated carbocycles. The standard InChI is InChI=1S/C22H22N6OS/c1-29-20-10-6-5-9-18(20)19-15-30-21(23-19)16-11-13-27(14-12-16)22-24-25-26-28(22)17-7-3-2-4-8-17/h2-10,15-16H,11-14H2,1H3. The molecule has 7 nitrogen and oxygen atoms in total. The number of anilines is 1. The Morgan fingerprint density at radius 2 is 1.77 bits per heavy atom. The zero-order chi connectivity index (χ0) is 20.3. The number of hydrogen-bond donors (Lipinski definition) is 0. The molecule has 1 aliphatic rings. The second-order valence-corrected chi connectivity index (χ2v) is 8.15. The van der Waals surface area contributed by atoms with E-state index in [0.717, 1.165) is 54.6 Å². The summed E-state index contributed by atoms with van der Waals surface area (Å²) in [5.41, 5.74) is 3.01. The van der Waals surface area contributed by atoms with Crippen LogP contribution in [0.15, 0.2) is 60.0 Å². The average Bonchev–Trinajstić information content (AvgIpc) is 3.50. The highest BCUT2D eigenvalue weighted by atomic mass is 32.1. The molecule has 0 aliphatic carbocycles. The highest BCUT2D eigenvalue weighted by molar-refractivity contribution is 7.10. The number of rotatable bonds is 5. The Balaban J connectivity index is 1.30. The number of benzene rings is 2. The number of aromatic nitrogens is 5. The van der Waals surface area contributed by atoms with Crippen LogP contribution in [0, 0.1) is 0 Å². The number of nitrogens with zero attached hydrogens (tertiary/aromatic N) is 6. The van der Waals surface area contributed by atoms with Crippen LogP contribution >= 0.6 is 11.3 Å². The van der Waals surface area contributed by atoms with Gasteiger partial charge in [0.15, 0.2) is 0 Å². The molecule has 0 amide bonds. The van der Waals surface area contributed by atoms with Gasteiger partial charge in [-0.2, -0.15) is 4.68 Å². The van der Waals surface area contributed by atoms with Crippen LogP contribution in [-0.2, 0) is 0 Å². The van der Waals surface area contributed by atoms with E-state index < -0.39 is 0 Å². The molecule has 1 saturated heterocycles. The molecule has 0 N–H and O–H groups in total. The van der Waals surface area contributed by atoms with Crippen molar-refractivity contribution in [3.05, 3.63) is 65.0 Å². The van der Waals surface area contributed by atoms with Gasteiger partial charge in [-0.05, 0) is 47.5 Å². The molecule has 3 heterocycles. The number of ether oxygens (including phenoxy) is 1. The predicted molar refractivity (Wildman–Crippen MR) is 117 cm³/mol. The third-order valence-corrected chi connectivity index (χ3v) is 6.49. The number of para-hydroxylation sites is 2. The van der Waals surface area contributed by atoms with Crippen molar-refractivity contribution in [3.63, 3.8) is 0 Å². The van der Waals surface area contributed by atoms with Crippen molar-refractivity contribution in [1.82, 2.24) is 25.2 Å². The lowest BCUT2D eigenvalue weighted by Crippen LogP contribution is -2.34. The number of piperidine rings is 1. The largest absolute Gasteiger partial charge is 0.496 e. The summed E-state index contributed by atoms with van der Waals surface area (Å²) < 4.78 is 7.30. The lowest BCUT2D eigenvalue weighted by atomic mass is 9.98. The summed E-state index contributed by atoms with van der Waals surface area (Å²) >= 11 is 1.74. The van der Waals surface area contributed by atoms with Crippen LogP contribution in [0.3, 0.4) is 0 Å². The summed E-state index contributed by atoms with van der Waals surface area (Å²) in [7, 11) is 1.70. The third kappa shape index (κ3) is 3.54. The fourth-order valence-corrected chi connectivity index (χ4v) is 4.89. The minimum Gasteiger partial charge on any atom is -0.496 e. The van der Waals surface area contributed by atoms with Crippen molar-refractivity contribution in [2.75, 3.05) is 25.1 Å². The Morgan fingerprint density at radius 3 is 2.57 bits per heavy atom. The zero-order valence-electron chi connectivity index (χ0n) is 16.7. The van der Waals surface area contributed by atoms with Crippen LogP contribution < -0.4 is 9.64 Å². The molecular formula is C22H22N6OS. The first kappa shape index (κ1) is 18.7. The molecule has 8 heteroatoms. The lowest BCUT2D eigenvalue weighted by Gasteiger charge is -2.31. The molecular weight excluding hydrogens is 396 g/mol. The van der Waals surface area contributed by atoms with Gasteiger partial charge in [0.05, 0.1) is 23.5 Å². The fraction of sp³-hybridized carbons (Fsp3) is 0.273. The van der Waals surface area contributed by atoms with Crippen molar-refractivity contribution in [1.29, 1.82) is 0 Å². The molecule has 1 aliphatic heterocycles. The van der Waals surface area contributed by atoms with E-state index in [1.54, 1.807) is 18.4 Å². The van der Waals surface area contributed by atoms with Gasteiger partial charge in [-0.3, -0.25) is 0 Å². The minimum atomic E-state index is 0.454. The molecule has 2 aromatic heterocycles. The lowest BCUT2D eigenvalue weighted by molar-refractivity contribution is 0.416. The molecule has 0 spiro atoms. The molecule has 4 aromatic rings. The monoisotopic (exact) mass is 418 g/mol. The molecule has 5 rings (SSSR count). The second-order valence-electron chi connectivity index (χ2n) is 7.26. The van der Waals surface area contributed by atoms with Crippen molar-refractivity contribution < 1.29 is 4.74 Å². The van der Waals surface area contributed by atoms with Crippen LogP contribution in [0.2, 0.25) is 0 Å². The zero-order valence-corrected chi connectivity index (χ0v) is 17.5. The Bertz CT molecular complexity index is 1120. The van der Waals surface area contributed by atoms with Gasteiger partial charge in [0.1, 0.15) is 5.75 Å². The van der Waals surface area contributed by atoms with E-state index in [1.165, 1.54) is 5.01 Å². The van der Waals surface area contributed by atoms with Gasteiger partial charge in [0.25, 0.3) is 0 Å². The Kier molecular flexibility index (Phi) is 5.15. The highest BCUT2D eigenvalue weighted by Gasteiger charge is 2.26. The molecule has 152 valence electrons. The summed E-state index contributed by atoms with van der Waals surface area (Å²) in [4.78, 5) is 7.20. The highest BCUT2D eigenvalue weighted by Crippen LogP contribution is 2.36. The maximum absolute atomic E-state index is 5.49. The molecule has 2 aromatic carbocycles. The number of thiazole rings is 1. The van der Waals surface area contributed by atoms with Crippen molar-refractivity contribution in [2.45, 2.75) is 18.8 Å². The Hall–Kier alpha value is -3.26. The van der Waals surface area contributed by atoms with Gasteiger partial charge in [-0.25, -0.2) is 4.98 Å². The molecule has 0 radical (unpaired) electrons. The van der Waals surface area contributed by atoms with Crippen LogP contribution in [-0.4, -0.2) is 45.4 Å². The third-order valence-electron chi connectivity index (χ3n) is 5.49. The maximum atomic E-state index is 5.49. The summed E-state index contributed by atoms with van der Waals surface area (Å²) in [6.07, 6.45) is 2.06. The van der Waals surface area contributed by atoms with E-state index in [1.807, 2.05) is 53.2 Å². The average molecular weight is 419 g/mol. The summed E-state index contributed by atoms with van der Waals surface area (Å²) in [6.45, 7) is 1.81. The van der Waals surface area contributed by atoms with Crippen molar-refractivity contribution >= 4 is 17.3 Å². The van der Waals surface area contributed by atoms with E-state index >= 15 is 0 Å². The number of hydrogen-bond acceptors (Lipinski definition) is 7. The van der Waals surface area contributed by atoms with Gasteiger partial charge < -0.3 is 9.64 Å². The van der Waals surface area contributed by atoms with Gasteiger partial charge >= 0.3 is 0 Å². The first-order chi connectivity index (χ1) is 14.8. The summed E-state index contributed by atoms with van der Waals surface area (Å²) in [5, 5.41) is 15.7. The van der Waals surface area contributed by atoms with Crippen molar-refractivity contribution in [3.8, 4) is 22.7 Å². The molecule has 30 heavy (non-hydrogen) atoms. The van der Waals surface area contributed by atoms with E-state index in [4.69, 9.17) is 9.72 Å². The number of methoxy groups -OCH3 is 1. The molecule has 0 atom stereocenters. The normalized spacial score (nSPS) is 14.8. The first-order valence-electron chi connectivity index (χ1n) is 10.0. The Labute approximate surface area is 179 Å². The van der Waals surface area contributed by atoms with Gasteiger partial charge in [-0.15, -0.1) is 11.3 Å². The topological polar surface area (TPSA) is 69.0 Å². The fourth-order valence-electron chi connectivity index (χ4n) is 3.90. The summed E-state index contributed by atoms with van der Waals surface area (Å²) in [6, 6.07) is 18.0. The van der Waals surface area contributed by atoms with E-state index in [-0.39, 0.29) is 0 Å². The predicted octanol–water partition coefficient (Wildman–Crippen LogP) is 4.18. The Morgan fingerprint density at radius 1 is 1.00 bits per heavy atom. The minimum absolute atomic E-state index is 0.454. The maximum Gasteiger partial charge on any atom is 0.250 e. The van der Waals surface area contributed by atoms with Gasteiger partial charge in [0.2, 0.25) is 5.95 Å². The van der Waals surface area contributed by atoms with Crippen LogP contribution in [0.5, 0.6) is 5.75 Å². The molecule has 0 bridgehead atoms. The van der Waals surface area contributed by atoms with Crippen LogP contribution in [0.1, 0.15) is 23.8 Å².